The van der Waals surface area contributed by atoms with Crippen LogP contribution in [0.25, 0.3) is 20.2 Å². The third-order valence-electron chi connectivity index (χ3n) is 2.11. The SMILES string of the molecule is [B]c1cc2cc3sccc3cc2s1. The van der Waals surface area contributed by atoms with Gasteiger partial charge in [0.1, 0.15) is 7.85 Å². The molecule has 0 aliphatic carbocycles. The second-order valence-electron chi connectivity index (χ2n) is 3.00. The lowest BCUT2D eigenvalue weighted by Gasteiger charge is -1.89. The van der Waals surface area contributed by atoms with Gasteiger partial charge >= 0.3 is 0 Å². The van der Waals surface area contributed by atoms with Crippen molar-refractivity contribution in [3.63, 3.8) is 0 Å². The molecule has 2 aromatic heterocycles. The monoisotopic (exact) mass is 200 g/mol. The molecular weight excluding hydrogens is 195 g/mol. The van der Waals surface area contributed by atoms with Crippen molar-refractivity contribution >= 4 is 55.5 Å². The van der Waals surface area contributed by atoms with Gasteiger partial charge in [0.25, 0.3) is 0 Å². The zero-order chi connectivity index (χ0) is 8.84. The Morgan fingerprint density at radius 3 is 2.77 bits per heavy atom. The van der Waals surface area contributed by atoms with Crippen LogP contribution in [-0.2, 0) is 0 Å². The lowest BCUT2D eigenvalue weighted by atomic mass is 10.1. The van der Waals surface area contributed by atoms with Crippen molar-refractivity contribution < 1.29 is 0 Å². The molecule has 0 atom stereocenters. The van der Waals surface area contributed by atoms with Gasteiger partial charge in [-0.2, -0.15) is 11.3 Å². The molecule has 0 saturated carbocycles. The van der Waals surface area contributed by atoms with Gasteiger partial charge in [-0.15, -0.1) is 11.3 Å². The fraction of sp³-hybridized carbons (Fsp3) is 0. The molecule has 0 aliphatic heterocycles. The molecule has 0 unspecified atom stereocenters. The maximum absolute atomic E-state index is 5.74. The van der Waals surface area contributed by atoms with Gasteiger partial charge < -0.3 is 0 Å². The van der Waals surface area contributed by atoms with E-state index in [1.807, 2.05) is 6.07 Å². The lowest BCUT2D eigenvalue weighted by molar-refractivity contribution is 2.05. The summed E-state index contributed by atoms with van der Waals surface area (Å²) in [6, 6.07) is 8.61. The second kappa shape index (κ2) is 2.60. The van der Waals surface area contributed by atoms with Crippen LogP contribution >= 0.6 is 22.7 Å². The van der Waals surface area contributed by atoms with Crippen LogP contribution in [0.15, 0.2) is 29.6 Å². The predicted octanol–water partition coefficient (Wildman–Crippen LogP) is 2.91. The van der Waals surface area contributed by atoms with Crippen LogP contribution in [0.4, 0.5) is 0 Å². The van der Waals surface area contributed by atoms with Crippen molar-refractivity contribution in [2.45, 2.75) is 0 Å². The van der Waals surface area contributed by atoms with Crippen LogP contribution in [0.5, 0.6) is 0 Å². The number of fused-ring (bicyclic) bond motifs is 2. The van der Waals surface area contributed by atoms with Crippen molar-refractivity contribution in [2.75, 3.05) is 0 Å². The van der Waals surface area contributed by atoms with Gasteiger partial charge in [0.2, 0.25) is 0 Å². The van der Waals surface area contributed by atoms with E-state index in [0.717, 1.165) is 4.78 Å². The Bertz CT molecular complexity index is 529. The summed E-state index contributed by atoms with van der Waals surface area (Å²) in [5.74, 6) is 0. The minimum Gasteiger partial charge on any atom is -0.152 e. The Hall–Kier alpha value is -0.795. The summed E-state index contributed by atoms with van der Waals surface area (Å²) in [5, 5.41) is 4.70. The summed E-state index contributed by atoms with van der Waals surface area (Å²) in [4.78, 5) is 0. The van der Waals surface area contributed by atoms with E-state index in [9.17, 15) is 0 Å². The molecule has 0 amide bonds. The number of rotatable bonds is 0. The number of benzene rings is 1. The summed E-state index contributed by atoms with van der Waals surface area (Å²) in [6.45, 7) is 0. The molecule has 0 bridgehead atoms. The van der Waals surface area contributed by atoms with Crippen molar-refractivity contribution in [3.05, 3.63) is 29.6 Å². The maximum Gasteiger partial charge on any atom is 0.128 e. The van der Waals surface area contributed by atoms with Gasteiger partial charge in [-0.25, -0.2) is 0 Å². The van der Waals surface area contributed by atoms with E-state index in [2.05, 4.69) is 23.6 Å². The molecule has 0 fully saturated rings. The highest BCUT2D eigenvalue weighted by atomic mass is 32.1. The Morgan fingerprint density at radius 2 is 1.85 bits per heavy atom. The summed E-state index contributed by atoms with van der Waals surface area (Å²) >= 11 is 3.43. The van der Waals surface area contributed by atoms with Crippen molar-refractivity contribution in [2.24, 2.45) is 0 Å². The van der Waals surface area contributed by atoms with E-state index in [1.165, 1.54) is 20.2 Å². The van der Waals surface area contributed by atoms with Crippen molar-refractivity contribution in [1.29, 1.82) is 0 Å². The number of hydrogen-bond donors (Lipinski definition) is 0. The Morgan fingerprint density at radius 1 is 1.00 bits per heavy atom. The smallest absolute Gasteiger partial charge is 0.128 e. The summed E-state index contributed by atoms with van der Waals surface area (Å²) < 4.78 is 3.52. The Balaban J connectivity index is 2.54. The molecule has 0 N–H and O–H groups in total. The van der Waals surface area contributed by atoms with Gasteiger partial charge in [0, 0.05) is 9.40 Å². The van der Waals surface area contributed by atoms with E-state index in [4.69, 9.17) is 7.85 Å². The molecule has 2 heterocycles. The molecule has 60 valence electrons. The van der Waals surface area contributed by atoms with Crippen LogP contribution in [0, 0.1) is 0 Å². The van der Waals surface area contributed by atoms with E-state index in [0.29, 0.717) is 0 Å². The first-order valence-corrected chi connectivity index (χ1v) is 5.69. The minimum absolute atomic E-state index is 0.896. The Labute approximate surface area is 85.2 Å². The first-order chi connectivity index (χ1) is 6.33. The van der Waals surface area contributed by atoms with E-state index in [1.54, 1.807) is 22.7 Å². The fourth-order valence-electron chi connectivity index (χ4n) is 1.52. The zero-order valence-corrected chi connectivity index (χ0v) is 8.41. The van der Waals surface area contributed by atoms with Crippen molar-refractivity contribution in [1.82, 2.24) is 0 Å². The van der Waals surface area contributed by atoms with Crippen LogP contribution in [0.3, 0.4) is 0 Å². The van der Waals surface area contributed by atoms with Crippen LogP contribution in [0.1, 0.15) is 0 Å². The molecule has 0 aliphatic rings. The fourth-order valence-corrected chi connectivity index (χ4v) is 3.20. The molecule has 3 aromatic rings. The van der Waals surface area contributed by atoms with Gasteiger partial charge in [0.15, 0.2) is 0 Å². The Kier molecular flexibility index (Phi) is 1.52. The normalized spacial score (nSPS) is 11.4. The summed E-state index contributed by atoms with van der Waals surface area (Å²) in [5.41, 5.74) is 0. The largest absolute Gasteiger partial charge is 0.152 e. The molecule has 13 heavy (non-hydrogen) atoms. The molecular formula is C10H5BS2. The number of hydrogen-bond acceptors (Lipinski definition) is 2. The number of thiophene rings is 2. The van der Waals surface area contributed by atoms with E-state index >= 15 is 0 Å². The molecule has 3 heteroatoms. The first-order valence-electron chi connectivity index (χ1n) is 3.99. The van der Waals surface area contributed by atoms with Gasteiger partial charge in [-0.3, -0.25) is 0 Å². The average Bonchev–Trinajstić information content (AvgIpc) is 2.63. The van der Waals surface area contributed by atoms with Gasteiger partial charge in [0.05, 0.1) is 0 Å². The lowest BCUT2D eigenvalue weighted by Crippen LogP contribution is -1.88. The molecule has 0 spiro atoms. The highest BCUT2D eigenvalue weighted by molar-refractivity contribution is 7.26. The van der Waals surface area contributed by atoms with E-state index in [-0.39, 0.29) is 0 Å². The molecule has 0 nitrogen and oxygen atoms in total. The molecule has 0 saturated heterocycles. The van der Waals surface area contributed by atoms with Crippen LogP contribution in [0.2, 0.25) is 0 Å². The minimum atomic E-state index is 0.896. The second-order valence-corrected chi connectivity index (χ2v) is 5.06. The highest BCUT2D eigenvalue weighted by Crippen LogP contribution is 2.28. The van der Waals surface area contributed by atoms with E-state index < -0.39 is 0 Å². The third-order valence-corrected chi connectivity index (χ3v) is 3.92. The van der Waals surface area contributed by atoms with Crippen LogP contribution < -0.4 is 4.78 Å². The summed E-state index contributed by atoms with van der Waals surface area (Å²) in [7, 11) is 5.74. The maximum atomic E-state index is 5.74. The van der Waals surface area contributed by atoms with Crippen molar-refractivity contribution in [3.8, 4) is 0 Å². The standard InChI is InChI=1S/C10H5BS2/c11-10-5-7-4-8-6(1-2-12-8)3-9(7)13-10/h1-5H. The average molecular weight is 200 g/mol. The quantitative estimate of drug-likeness (QED) is 0.489. The van der Waals surface area contributed by atoms with Crippen LogP contribution in [-0.4, -0.2) is 7.85 Å². The molecule has 2 radical (unpaired) electrons. The predicted molar refractivity (Wildman–Crippen MR) is 62.6 cm³/mol. The highest BCUT2D eigenvalue weighted by Gasteiger charge is 2.01. The molecule has 3 rings (SSSR count). The van der Waals surface area contributed by atoms with Gasteiger partial charge in [-0.05, 0) is 39.1 Å². The summed E-state index contributed by atoms with van der Waals surface area (Å²) in [6.07, 6.45) is 0. The third kappa shape index (κ3) is 1.11. The molecule has 1 aromatic carbocycles. The first kappa shape index (κ1) is 7.59. The topological polar surface area (TPSA) is 0 Å². The van der Waals surface area contributed by atoms with Gasteiger partial charge in [-0.1, -0.05) is 6.07 Å². The zero-order valence-electron chi connectivity index (χ0n) is 6.78.